The highest BCUT2D eigenvalue weighted by molar-refractivity contribution is 6.51. The normalized spacial score (nSPS) is 23.4. The molecule has 5 amide bonds. The molecule has 3 rings (SSSR count). The van der Waals surface area contributed by atoms with Gasteiger partial charge < -0.3 is 30.9 Å². The molecule has 5 atom stereocenters. The molecule has 1 saturated heterocycles. The second-order valence-corrected chi connectivity index (χ2v) is 16.3. The smallest absolute Gasteiger partial charge is 0.408 e. The fourth-order valence-corrected chi connectivity index (χ4v) is 7.25. The van der Waals surface area contributed by atoms with Crippen molar-refractivity contribution in [2.24, 2.45) is 17.8 Å². The maximum atomic E-state index is 14.2. The summed E-state index contributed by atoms with van der Waals surface area (Å²) in [6, 6.07) is -3.29. The number of allylic oxidation sites excluding steroid dienone is 1. The first-order chi connectivity index (χ1) is 21.8. The van der Waals surface area contributed by atoms with Crippen molar-refractivity contribution in [3.63, 3.8) is 0 Å². The zero-order valence-electron chi connectivity index (χ0n) is 28.4. The summed E-state index contributed by atoms with van der Waals surface area (Å²) in [7, 11) is 0. The summed E-state index contributed by atoms with van der Waals surface area (Å²) in [5, 5.41) is 10.7. The number of halogens is 2. The molecule has 2 aliphatic carbocycles. The van der Waals surface area contributed by atoms with E-state index < -0.39 is 69.1 Å². The quantitative estimate of drug-likeness (QED) is 0.130. The topological polar surface area (TPSA) is 163 Å². The predicted molar refractivity (Wildman–Crippen MR) is 179 cm³/mol. The molecule has 1 aliphatic heterocycles. The number of Topliss-reactive ketones (excluding diaryl/α,β-unsaturated/α-hetero) is 1. The first-order valence-corrected chi connectivity index (χ1v) is 17.2. The van der Waals surface area contributed by atoms with Crippen LogP contribution in [0, 0.1) is 17.8 Å². The Balaban J connectivity index is 1.77. The second-order valence-electron chi connectivity index (χ2n) is 14.9. The molecule has 264 valence electrons. The number of nitrogens with zero attached hydrogens (tertiary/aromatic N) is 1. The standard InChI is InChI=1S/C33H51Cl2N5O7/c1-8-9-15-21(26(42)28(44)36-17-16-22(41)39-31(2,3)4)37-27(43)25-23-20(33(23,34)35)18-40(25)29(45)24(19-13-11-10-12-14-19)38-30(46)47-32(5,6)7/h8,19-21,23-25H,1,9-18H2,2-7H3,(H,36,44)(H,37,43)(H,38,46)(H,39,41)/t20-,21-,23-,24-,25-/m0/s1. The van der Waals surface area contributed by atoms with Gasteiger partial charge >= 0.3 is 6.09 Å². The third-order valence-corrected chi connectivity index (χ3v) is 9.68. The molecule has 1 heterocycles. The van der Waals surface area contributed by atoms with Gasteiger partial charge in [0.2, 0.25) is 23.5 Å². The summed E-state index contributed by atoms with van der Waals surface area (Å²) in [6.07, 6.45) is 5.49. The van der Waals surface area contributed by atoms with E-state index in [2.05, 4.69) is 27.8 Å². The number of alkyl halides is 2. The molecular formula is C33H51Cl2N5O7. The number of hydrogen-bond acceptors (Lipinski definition) is 7. The number of nitrogens with one attached hydrogen (secondary N) is 4. The van der Waals surface area contributed by atoms with Crippen LogP contribution in [0.15, 0.2) is 12.7 Å². The van der Waals surface area contributed by atoms with E-state index in [0.29, 0.717) is 6.42 Å². The van der Waals surface area contributed by atoms with Crippen molar-refractivity contribution in [3.8, 4) is 0 Å². The van der Waals surface area contributed by atoms with Crippen molar-refractivity contribution in [2.45, 2.75) is 127 Å². The van der Waals surface area contributed by atoms with E-state index in [0.717, 1.165) is 32.1 Å². The monoisotopic (exact) mass is 699 g/mol. The molecule has 12 nitrogen and oxygen atoms in total. The molecule has 2 saturated carbocycles. The number of carbonyl (C=O) groups is 6. The van der Waals surface area contributed by atoms with Crippen molar-refractivity contribution in [1.29, 1.82) is 0 Å². The summed E-state index contributed by atoms with van der Waals surface area (Å²) in [6.45, 7) is 14.4. The summed E-state index contributed by atoms with van der Waals surface area (Å²) in [5.74, 6) is -4.39. The van der Waals surface area contributed by atoms with E-state index >= 15 is 0 Å². The third-order valence-electron chi connectivity index (χ3n) is 8.61. The second kappa shape index (κ2) is 15.6. The van der Waals surface area contributed by atoms with Crippen molar-refractivity contribution < 1.29 is 33.5 Å². The number of amides is 5. The number of fused-ring (bicyclic) bond motifs is 1. The summed E-state index contributed by atoms with van der Waals surface area (Å²) >= 11 is 13.1. The SMILES string of the molecule is C=CCC[C@H](NC(=O)[C@@H]1[C@@H]2[C@H](CN1C(=O)[C@@H](NC(=O)OC(C)(C)C)C1CCCCC1)C2(Cl)Cl)C(=O)C(=O)NCCC(=O)NC(C)(C)C. The van der Waals surface area contributed by atoms with E-state index in [9.17, 15) is 28.8 Å². The van der Waals surface area contributed by atoms with Crippen LogP contribution in [0.2, 0.25) is 0 Å². The predicted octanol–water partition coefficient (Wildman–Crippen LogP) is 3.53. The molecule has 3 fully saturated rings. The molecule has 0 bridgehead atoms. The Hall–Kier alpha value is -2.86. The molecule has 3 aliphatic rings. The molecule has 0 unspecified atom stereocenters. The number of piperidine rings is 1. The van der Waals surface area contributed by atoms with Crippen LogP contribution in [0.25, 0.3) is 0 Å². The molecule has 0 radical (unpaired) electrons. The zero-order chi connectivity index (χ0) is 35.3. The molecule has 0 aromatic heterocycles. The van der Waals surface area contributed by atoms with Crippen LogP contribution in [0.3, 0.4) is 0 Å². The van der Waals surface area contributed by atoms with Crippen LogP contribution in [-0.2, 0) is 28.7 Å². The molecule has 0 aromatic carbocycles. The van der Waals surface area contributed by atoms with Crippen molar-refractivity contribution in [3.05, 3.63) is 12.7 Å². The van der Waals surface area contributed by atoms with E-state index in [1.165, 1.54) is 4.90 Å². The molecular weight excluding hydrogens is 649 g/mol. The van der Waals surface area contributed by atoms with Crippen LogP contribution in [0.4, 0.5) is 4.79 Å². The number of ether oxygens (including phenoxy) is 1. The van der Waals surface area contributed by atoms with Crippen LogP contribution < -0.4 is 21.3 Å². The lowest BCUT2D eigenvalue weighted by molar-refractivity contribution is -0.144. The lowest BCUT2D eigenvalue weighted by Gasteiger charge is -2.36. The van der Waals surface area contributed by atoms with Gasteiger partial charge in [-0.05, 0) is 73.1 Å². The van der Waals surface area contributed by atoms with Gasteiger partial charge in [0.1, 0.15) is 22.0 Å². The van der Waals surface area contributed by atoms with Crippen LogP contribution in [-0.4, -0.2) is 87.1 Å². The number of carbonyl (C=O) groups excluding carboxylic acids is 6. The number of hydrogen-bond donors (Lipinski definition) is 4. The molecule has 4 N–H and O–H groups in total. The third kappa shape index (κ3) is 10.6. The van der Waals surface area contributed by atoms with Gasteiger partial charge in [0.25, 0.3) is 5.91 Å². The number of rotatable bonds is 13. The van der Waals surface area contributed by atoms with Gasteiger partial charge in [-0.1, -0.05) is 25.3 Å². The molecule has 47 heavy (non-hydrogen) atoms. The minimum Gasteiger partial charge on any atom is -0.444 e. The number of alkyl carbamates (subject to hydrolysis) is 1. The highest BCUT2D eigenvalue weighted by atomic mass is 35.5. The van der Waals surface area contributed by atoms with Gasteiger partial charge in [-0.2, -0.15) is 0 Å². The highest BCUT2D eigenvalue weighted by Crippen LogP contribution is 2.65. The Labute approximate surface area is 287 Å². The number of likely N-dealkylation sites (tertiary alicyclic amines) is 1. The minimum absolute atomic E-state index is 0.0325. The van der Waals surface area contributed by atoms with Crippen molar-refractivity contribution >= 4 is 58.7 Å². The lowest BCUT2D eigenvalue weighted by Crippen LogP contribution is -2.60. The first-order valence-electron chi connectivity index (χ1n) is 16.5. The fourth-order valence-electron chi connectivity index (χ4n) is 6.42. The van der Waals surface area contributed by atoms with Gasteiger partial charge in [-0.3, -0.25) is 24.0 Å². The molecule has 0 aromatic rings. The van der Waals surface area contributed by atoms with Gasteiger partial charge in [0.15, 0.2) is 0 Å². The van der Waals surface area contributed by atoms with Gasteiger partial charge in [0, 0.05) is 36.9 Å². The zero-order valence-corrected chi connectivity index (χ0v) is 29.9. The van der Waals surface area contributed by atoms with Crippen molar-refractivity contribution in [2.75, 3.05) is 13.1 Å². The Bertz CT molecular complexity index is 1220. The number of ketones is 1. The Morgan fingerprint density at radius 3 is 2.21 bits per heavy atom. The van der Waals surface area contributed by atoms with Crippen LogP contribution in [0.1, 0.15) is 92.9 Å². The molecule has 0 spiro atoms. The Morgan fingerprint density at radius 1 is 1.00 bits per heavy atom. The first kappa shape index (κ1) is 38.6. The Kier molecular flexibility index (Phi) is 12.8. The van der Waals surface area contributed by atoms with Crippen molar-refractivity contribution in [1.82, 2.24) is 26.2 Å². The Morgan fingerprint density at radius 2 is 1.64 bits per heavy atom. The largest absolute Gasteiger partial charge is 0.444 e. The van der Waals surface area contributed by atoms with E-state index in [1.54, 1.807) is 26.8 Å². The van der Waals surface area contributed by atoms with Gasteiger partial charge in [-0.25, -0.2) is 4.79 Å². The van der Waals surface area contributed by atoms with Crippen LogP contribution in [0.5, 0.6) is 0 Å². The van der Waals surface area contributed by atoms with E-state index in [1.807, 2.05) is 20.8 Å². The van der Waals surface area contributed by atoms with Gasteiger partial charge in [-0.15, -0.1) is 29.8 Å². The average Bonchev–Trinajstić information content (AvgIpc) is 3.26. The molecule has 14 heteroatoms. The maximum Gasteiger partial charge on any atom is 0.408 e. The highest BCUT2D eigenvalue weighted by Gasteiger charge is 2.74. The summed E-state index contributed by atoms with van der Waals surface area (Å²) in [4.78, 5) is 80.5. The van der Waals surface area contributed by atoms with E-state index in [4.69, 9.17) is 27.9 Å². The average molecular weight is 701 g/mol. The summed E-state index contributed by atoms with van der Waals surface area (Å²) in [5.41, 5.74) is -1.23. The maximum absolute atomic E-state index is 14.2. The van der Waals surface area contributed by atoms with E-state index in [-0.39, 0.29) is 43.7 Å². The summed E-state index contributed by atoms with van der Waals surface area (Å²) < 4.78 is 4.22. The van der Waals surface area contributed by atoms with Crippen LogP contribution >= 0.6 is 23.2 Å². The van der Waals surface area contributed by atoms with Gasteiger partial charge in [0.05, 0.1) is 6.04 Å². The fraction of sp³-hybridized carbons (Fsp3) is 0.758. The lowest BCUT2D eigenvalue weighted by atomic mass is 9.83. The minimum atomic E-state index is -1.25.